The third kappa shape index (κ3) is 5.42. The maximum absolute atomic E-state index is 12.1. The van der Waals surface area contributed by atoms with Gasteiger partial charge in [-0.1, -0.05) is 47.5 Å². The van der Waals surface area contributed by atoms with Crippen LogP contribution in [-0.2, 0) is 16.1 Å². The summed E-state index contributed by atoms with van der Waals surface area (Å²) < 4.78 is 0. The van der Waals surface area contributed by atoms with Crippen molar-refractivity contribution in [3.05, 3.63) is 64.7 Å². The van der Waals surface area contributed by atoms with Gasteiger partial charge in [0.1, 0.15) is 6.54 Å². The smallest absolute Gasteiger partial charge is 0.244 e. The number of hydrogen-bond donors (Lipinski definition) is 1. The SMILES string of the molecule is CC(=O)N(CC(=O)Nc1cccc(Cl)c1)Cc1cccc(C)c1. The summed E-state index contributed by atoms with van der Waals surface area (Å²) >= 11 is 5.89. The van der Waals surface area contributed by atoms with Gasteiger partial charge in [0.25, 0.3) is 0 Å². The molecule has 0 aliphatic heterocycles. The fourth-order valence-electron chi connectivity index (χ4n) is 2.25. The summed E-state index contributed by atoms with van der Waals surface area (Å²) in [6, 6.07) is 14.8. The maximum atomic E-state index is 12.1. The highest BCUT2D eigenvalue weighted by atomic mass is 35.5. The number of benzene rings is 2. The van der Waals surface area contributed by atoms with Crippen LogP contribution < -0.4 is 5.32 Å². The van der Waals surface area contributed by atoms with Crippen LogP contribution in [0.25, 0.3) is 0 Å². The number of nitrogens with one attached hydrogen (secondary N) is 1. The molecule has 4 nitrogen and oxygen atoms in total. The van der Waals surface area contributed by atoms with Crippen LogP contribution in [0.3, 0.4) is 0 Å². The zero-order valence-electron chi connectivity index (χ0n) is 13.2. The van der Waals surface area contributed by atoms with Crippen molar-refractivity contribution in [3.63, 3.8) is 0 Å². The highest BCUT2D eigenvalue weighted by molar-refractivity contribution is 6.30. The number of hydrogen-bond acceptors (Lipinski definition) is 2. The summed E-state index contributed by atoms with van der Waals surface area (Å²) in [6.45, 7) is 3.85. The predicted molar refractivity (Wildman–Crippen MR) is 92.4 cm³/mol. The summed E-state index contributed by atoms with van der Waals surface area (Å²) in [5.74, 6) is -0.400. The van der Waals surface area contributed by atoms with Gasteiger partial charge < -0.3 is 10.2 Å². The zero-order chi connectivity index (χ0) is 16.8. The number of carbonyl (C=O) groups is 2. The molecule has 0 fully saturated rings. The lowest BCUT2D eigenvalue weighted by atomic mass is 10.1. The number of nitrogens with zero attached hydrogens (tertiary/aromatic N) is 1. The van der Waals surface area contributed by atoms with E-state index in [0.717, 1.165) is 11.1 Å². The van der Waals surface area contributed by atoms with Gasteiger partial charge in [-0.15, -0.1) is 0 Å². The van der Waals surface area contributed by atoms with E-state index in [1.54, 1.807) is 24.3 Å². The van der Waals surface area contributed by atoms with Crippen LogP contribution in [0.1, 0.15) is 18.1 Å². The molecule has 0 radical (unpaired) electrons. The molecule has 1 N–H and O–H groups in total. The molecule has 0 saturated carbocycles. The molecular weight excluding hydrogens is 312 g/mol. The van der Waals surface area contributed by atoms with Crippen molar-refractivity contribution in [3.8, 4) is 0 Å². The lowest BCUT2D eigenvalue weighted by molar-refractivity contribution is -0.133. The van der Waals surface area contributed by atoms with E-state index in [9.17, 15) is 9.59 Å². The molecule has 0 aliphatic rings. The number of carbonyl (C=O) groups excluding carboxylic acids is 2. The van der Waals surface area contributed by atoms with Crippen LogP contribution in [0.15, 0.2) is 48.5 Å². The number of amides is 2. The van der Waals surface area contributed by atoms with E-state index in [0.29, 0.717) is 17.3 Å². The molecule has 120 valence electrons. The van der Waals surface area contributed by atoms with Gasteiger partial charge in [0.15, 0.2) is 0 Å². The summed E-state index contributed by atoms with van der Waals surface area (Å²) in [6.07, 6.45) is 0. The lowest BCUT2D eigenvalue weighted by Gasteiger charge is -2.21. The Hall–Kier alpha value is -2.33. The van der Waals surface area contributed by atoms with Crippen LogP contribution >= 0.6 is 11.6 Å². The Balaban J connectivity index is 2.01. The fraction of sp³-hybridized carbons (Fsp3) is 0.222. The average molecular weight is 331 g/mol. The summed E-state index contributed by atoms with van der Waals surface area (Å²) in [7, 11) is 0. The van der Waals surface area contributed by atoms with E-state index < -0.39 is 0 Å². The van der Waals surface area contributed by atoms with Crippen molar-refractivity contribution >= 4 is 29.1 Å². The van der Waals surface area contributed by atoms with Crippen molar-refractivity contribution < 1.29 is 9.59 Å². The number of halogens is 1. The zero-order valence-corrected chi connectivity index (χ0v) is 13.9. The third-order valence-electron chi connectivity index (χ3n) is 3.34. The molecule has 0 atom stereocenters. The Kier molecular flexibility index (Phi) is 5.77. The van der Waals surface area contributed by atoms with Crippen molar-refractivity contribution in [1.82, 2.24) is 4.90 Å². The topological polar surface area (TPSA) is 49.4 Å². The van der Waals surface area contributed by atoms with E-state index in [1.165, 1.54) is 11.8 Å². The summed E-state index contributed by atoms with van der Waals surface area (Å²) in [4.78, 5) is 25.5. The Morgan fingerprint density at radius 3 is 2.52 bits per heavy atom. The Labute approximate surface area is 141 Å². The Morgan fingerprint density at radius 2 is 1.87 bits per heavy atom. The molecule has 0 heterocycles. The standard InChI is InChI=1S/C18H19ClN2O2/c1-13-5-3-6-15(9-13)11-21(14(2)22)12-18(23)20-17-8-4-7-16(19)10-17/h3-10H,11-12H2,1-2H3,(H,20,23). The molecular formula is C18H19ClN2O2. The molecule has 0 unspecified atom stereocenters. The van der Waals surface area contributed by atoms with Gasteiger partial charge in [0.2, 0.25) is 11.8 Å². The largest absolute Gasteiger partial charge is 0.329 e. The normalized spacial score (nSPS) is 10.2. The Bertz CT molecular complexity index is 716. The Morgan fingerprint density at radius 1 is 1.13 bits per heavy atom. The first-order chi connectivity index (χ1) is 10.9. The number of aryl methyl sites for hydroxylation is 1. The molecule has 23 heavy (non-hydrogen) atoms. The highest BCUT2D eigenvalue weighted by Gasteiger charge is 2.14. The quantitative estimate of drug-likeness (QED) is 0.910. The van der Waals surface area contributed by atoms with E-state index >= 15 is 0 Å². The lowest BCUT2D eigenvalue weighted by Crippen LogP contribution is -2.36. The second-order valence-corrected chi connectivity index (χ2v) is 5.86. The first-order valence-corrected chi connectivity index (χ1v) is 7.68. The molecule has 2 rings (SSSR count). The molecule has 0 aliphatic carbocycles. The number of anilines is 1. The molecule has 2 amide bonds. The van der Waals surface area contributed by atoms with Crippen LogP contribution in [0.4, 0.5) is 5.69 Å². The molecule has 5 heteroatoms. The second kappa shape index (κ2) is 7.79. The summed E-state index contributed by atoms with van der Waals surface area (Å²) in [5.41, 5.74) is 2.73. The van der Waals surface area contributed by atoms with Gasteiger partial charge in [-0.05, 0) is 30.7 Å². The van der Waals surface area contributed by atoms with Crippen LogP contribution in [0.2, 0.25) is 5.02 Å². The van der Waals surface area contributed by atoms with Crippen molar-refractivity contribution in [2.75, 3.05) is 11.9 Å². The van der Waals surface area contributed by atoms with Gasteiger partial charge in [-0.25, -0.2) is 0 Å². The van der Waals surface area contributed by atoms with Crippen LogP contribution in [0, 0.1) is 6.92 Å². The minimum absolute atomic E-state index is 0.00418. The van der Waals surface area contributed by atoms with Gasteiger partial charge in [-0.2, -0.15) is 0 Å². The monoisotopic (exact) mass is 330 g/mol. The number of rotatable bonds is 5. The molecule has 0 saturated heterocycles. The maximum Gasteiger partial charge on any atom is 0.244 e. The summed E-state index contributed by atoms with van der Waals surface area (Å²) in [5, 5.41) is 3.30. The molecule has 2 aromatic rings. The molecule has 0 spiro atoms. The van der Waals surface area contributed by atoms with Gasteiger partial charge in [0.05, 0.1) is 0 Å². The van der Waals surface area contributed by atoms with Crippen LogP contribution in [-0.4, -0.2) is 23.3 Å². The van der Waals surface area contributed by atoms with Crippen molar-refractivity contribution in [1.29, 1.82) is 0 Å². The average Bonchev–Trinajstić information content (AvgIpc) is 2.46. The highest BCUT2D eigenvalue weighted by Crippen LogP contribution is 2.15. The molecule has 2 aromatic carbocycles. The van der Waals surface area contributed by atoms with E-state index in [1.807, 2.05) is 31.2 Å². The first-order valence-electron chi connectivity index (χ1n) is 7.30. The van der Waals surface area contributed by atoms with E-state index in [-0.39, 0.29) is 18.4 Å². The first kappa shape index (κ1) is 17.0. The van der Waals surface area contributed by atoms with E-state index in [2.05, 4.69) is 5.32 Å². The van der Waals surface area contributed by atoms with Gasteiger partial charge in [0, 0.05) is 24.2 Å². The minimum Gasteiger partial charge on any atom is -0.329 e. The predicted octanol–water partition coefficient (Wildman–Crippen LogP) is 3.64. The van der Waals surface area contributed by atoms with Crippen molar-refractivity contribution in [2.24, 2.45) is 0 Å². The van der Waals surface area contributed by atoms with Gasteiger partial charge >= 0.3 is 0 Å². The molecule has 0 bridgehead atoms. The minimum atomic E-state index is -0.255. The second-order valence-electron chi connectivity index (χ2n) is 5.42. The van der Waals surface area contributed by atoms with Crippen LogP contribution in [0.5, 0.6) is 0 Å². The molecule has 0 aromatic heterocycles. The van der Waals surface area contributed by atoms with E-state index in [4.69, 9.17) is 11.6 Å². The third-order valence-corrected chi connectivity index (χ3v) is 3.58. The van der Waals surface area contributed by atoms with Crippen molar-refractivity contribution in [2.45, 2.75) is 20.4 Å². The fourth-order valence-corrected chi connectivity index (χ4v) is 2.44. The van der Waals surface area contributed by atoms with Gasteiger partial charge in [-0.3, -0.25) is 9.59 Å².